The highest BCUT2D eigenvalue weighted by molar-refractivity contribution is 5.34. The average molecular weight is 245 g/mol. The summed E-state index contributed by atoms with van der Waals surface area (Å²) in [5.41, 5.74) is 1.46. The van der Waals surface area contributed by atoms with E-state index in [0.717, 1.165) is 5.56 Å². The van der Waals surface area contributed by atoms with Crippen LogP contribution in [0.25, 0.3) is 0 Å². The largest absolute Gasteiger partial charge is 0.439 e. The third-order valence-corrected chi connectivity index (χ3v) is 2.57. The van der Waals surface area contributed by atoms with Gasteiger partial charge in [-0.25, -0.2) is 4.98 Å². The van der Waals surface area contributed by atoms with Gasteiger partial charge in [-0.2, -0.15) is 0 Å². The Bertz CT molecular complexity index is 509. The molecule has 0 aliphatic heterocycles. The van der Waals surface area contributed by atoms with Gasteiger partial charge in [0.15, 0.2) is 0 Å². The molecular formula is C14H15NO3. The Kier molecular flexibility index (Phi) is 3.92. The summed E-state index contributed by atoms with van der Waals surface area (Å²) < 4.78 is 5.62. The maximum Gasteiger partial charge on any atom is 0.225 e. The van der Waals surface area contributed by atoms with E-state index in [4.69, 9.17) is 9.84 Å². The molecule has 0 amide bonds. The summed E-state index contributed by atoms with van der Waals surface area (Å²) in [5, 5.41) is 18.6. The number of hydrogen-bond acceptors (Lipinski definition) is 4. The number of aromatic nitrogens is 1. The lowest BCUT2D eigenvalue weighted by Crippen LogP contribution is -1.98. The lowest BCUT2D eigenvalue weighted by Gasteiger charge is -2.11. The molecule has 4 nitrogen and oxygen atoms in total. The fraction of sp³-hybridized carbons (Fsp3) is 0.214. The fourth-order valence-corrected chi connectivity index (χ4v) is 1.58. The monoisotopic (exact) mass is 245 g/mol. The van der Waals surface area contributed by atoms with Gasteiger partial charge in [0.2, 0.25) is 5.88 Å². The summed E-state index contributed by atoms with van der Waals surface area (Å²) in [5.74, 6) is 1.01. The first-order valence-electron chi connectivity index (χ1n) is 5.71. The van der Waals surface area contributed by atoms with Gasteiger partial charge in [0.25, 0.3) is 0 Å². The maximum absolute atomic E-state index is 9.61. The zero-order chi connectivity index (χ0) is 13.0. The predicted molar refractivity (Wildman–Crippen MR) is 67.3 cm³/mol. The second-order valence-electron chi connectivity index (χ2n) is 3.98. The molecule has 0 saturated heterocycles. The van der Waals surface area contributed by atoms with Crippen LogP contribution in [0.3, 0.4) is 0 Å². The summed E-state index contributed by atoms with van der Waals surface area (Å²) in [4.78, 5) is 4.11. The van der Waals surface area contributed by atoms with Crippen LogP contribution in [0.4, 0.5) is 0 Å². The van der Waals surface area contributed by atoms with Crippen LogP contribution >= 0.6 is 0 Å². The van der Waals surface area contributed by atoms with Crippen LogP contribution in [0.5, 0.6) is 11.6 Å². The van der Waals surface area contributed by atoms with Crippen LogP contribution in [0.15, 0.2) is 42.6 Å². The number of benzene rings is 1. The molecule has 18 heavy (non-hydrogen) atoms. The molecule has 1 atom stereocenters. The fourth-order valence-electron chi connectivity index (χ4n) is 1.58. The van der Waals surface area contributed by atoms with E-state index in [-0.39, 0.29) is 6.61 Å². The van der Waals surface area contributed by atoms with Crippen molar-refractivity contribution in [2.24, 2.45) is 0 Å². The molecule has 0 bridgehead atoms. The van der Waals surface area contributed by atoms with Crippen LogP contribution in [-0.2, 0) is 6.61 Å². The number of pyridine rings is 1. The van der Waals surface area contributed by atoms with E-state index >= 15 is 0 Å². The predicted octanol–water partition coefficient (Wildman–Crippen LogP) is 2.42. The second-order valence-corrected chi connectivity index (χ2v) is 3.98. The minimum atomic E-state index is -0.634. The van der Waals surface area contributed by atoms with E-state index in [9.17, 15) is 5.11 Å². The maximum atomic E-state index is 9.61. The van der Waals surface area contributed by atoms with E-state index < -0.39 is 6.10 Å². The van der Waals surface area contributed by atoms with Crippen molar-refractivity contribution < 1.29 is 14.9 Å². The molecule has 1 aromatic carbocycles. The molecular weight excluding hydrogens is 230 g/mol. The number of aliphatic hydroxyl groups is 2. The Balaban J connectivity index is 2.22. The molecule has 0 aliphatic rings. The molecule has 4 heteroatoms. The zero-order valence-corrected chi connectivity index (χ0v) is 10.1. The van der Waals surface area contributed by atoms with Crippen molar-refractivity contribution >= 4 is 0 Å². The minimum absolute atomic E-state index is 0.00277. The van der Waals surface area contributed by atoms with Crippen molar-refractivity contribution in [2.75, 3.05) is 0 Å². The highest BCUT2D eigenvalue weighted by atomic mass is 16.5. The summed E-state index contributed by atoms with van der Waals surface area (Å²) in [6.07, 6.45) is 0.981. The number of hydrogen-bond donors (Lipinski definition) is 2. The van der Waals surface area contributed by atoms with E-state index in [1.807, 2.05) is 0 Å². The number of nitrogens with zero attached hydrogens (tertiary/aromatic N) is 1. The normalized spacial score (nSPS) is 12.2. The van der Waals surface area contributed by atoms with Crippen molar-refractivity contribution in [3.63, 3.8) is 0 Å². The van der Waals surface area contributed by atoms with Crippen LogP contribution < -0.4 is 4.74 Å². The van der Waals surface area contributed by atoms with Gasteiger partial charge >= 0.3 is 0 Å². The van der Waals surface area contributed by atoms with Gasteiger partial charge in [-0.15, -0.1) is 0 Å². The first kappa shape index (κ1) is 12.5. The third-order valence-electron chi connectivity index (χ3n) is 2.57. The SMILES string of the molecule is CC(O)c1cccnc1Oc1ccc(CO)cc1. The van der Waals surface area contributed by atoms with E-state index in [0.29, 0.717) is 17.2 Å². The molecule has 94 valence electrons. The zero-order valence-electron chi connectivity index (χ0n) is 10.1. The van der Waals surface area contributed by atoms with Gasteiger partial charge in [0.05, 0.1) is 12.7 Å². The summed E-state index contributed by atoms with van der Waals surface area (Å²) in [6.45, 7) is 1.67. The van der Waals surface area contributed by atoms with Gasteiger partial charge in [-0.05, 0) is 36.8 Å². The van der Waals surface area contributed by atoms with Crippen molar-refractivity contribution in [3.05, 3.63) is 53.7 Å². The Morgan fingerprint density at radius 1 is 1.22 bits per heavy atom. The van der Waals surface area contributed by atoms with Gasteiger partial charge in [-0.3, -0.25) is 0 Å². The van der Waals surface area contributed by atoms with Crippen LogP contribution in [0, 0.1) is 0 Å². The lowest BCUT2D eigenvalue weighted by atomic mass is 10.2. The lowest BCUT2D eigenvalue weighted by molar-refractivity contribution is 0.194. The molecule has 0 spiro atoms. The van der Waals surface area contributed by atoms with E-state index in [1.165, 1.54) is 0 Å². The van der Waals surface area contributed by atoms with Crippen molar-refractivity contribution in [1.82, 2.24) is 4.98 Å². The van der Waals surface area contributed by atoms with E-state index in [2.05, 4.69) is 4.98 Å². The van der Waals surface area contributed by atoms with Gasteiger partial charge in [-0.1, -0.05) is 12.1 Å². The number of rotatable bonds is 4. The second kappa shape index (κ2) is 5.62. The molecule has 0 saturated carbocycles. The first-order valence-corrected chi connectivity index (χ1v) is 5.71. The average Bonchev–Trinajstić information content (AvgIpc) is 2.40. The van der Waals surface area contributed by atoms with Gasteiger partial charge in [0, 0.05) is 11.8 Å². The highest BCUT2D eigenvalue weighted by Crippen LogP contribution is 2.27. The molecule has 0 radical (unpaired) electrons. The number of ether oxygens (including phenoxy) is 1. The van der Waals surface area contributed by atoms with Gasteiger partial charge < -0.3 is 14.9 Å². The van der Waals surface area contributed by atoms with Crippen LogP contribution in [-0.4, -0.2) is 15.2 Å². The Labute approximate surface area is 106 Å². The Morgan fingerprint density at radius 3 is 2.56 bits per heavy atom. The Hall–Kier alpha value is -1.91. The van der Waals surface area contributed by atoms with Crippen LogP contribution in [0.1, 0.15) is 24.2 Å². The molecule has 1 aromatic heterocycles. The summed E-state index contributed by atoms with van der Waals surface area (Å²) in [7, 11) is 0. The Morgan fingerprint density at radius 2 is 1.94 bits per heavy atom. The quantitative estimate of drug-likeness (QED) is 0.868. The van der Waals surface area contributed by atoms with E-state index in [1.54, 1.807) is 49.5 Å². The molecule has 2 rings (SSSR count). The van der Waals surface area contributed by atoms with Crippen molar-refractivity contribution in [2.45, 2.75) is 19.6 Å². The van der Waals surface area contributed by atoms with Gasteiger partial charge in [0.1, 0.15) is 5.75 Å². The minimum Gasteiger partial charge on any atom is -0.439 e. The third kappa shape index (κ3) is 2.85. The standard InChI is InChI=1S/C14H15NO3/c1-10(17)13-3-2-8-15-14(13)18-12-6-4-11(9-16)5-7-12/h2-8,10,16-17H,9H2,1H3. The summed E-state index contributed by atoms with van der Waals surface area (Å²) >= 11 is 0. The molecule has 1 heterocycles. The summed E-state index contributed by atoms with van der Waals surface area (Å²) in [6, 6.07) is 10.6. The molecule has 0 fully saturated rings. The van der Waals surface area contributed by atoms with Crippen molar-refractivity contribution in [1.29, 1.82) is 0 Å². The molecule has 2 aromatic rings. The van der Waals surface area contributed by atoms with Crippen molar-refractivity contribution in [3.8, 4) is 11.6 Å². The molecule has 2 N–H and O–H groups in total. The molecule has 0 aliphatic carbocycles. The van der Waals surface area contributed by atoms with Crippen LogP contribution in [0.2, 0.25) is 0 Å². The highest BCUT2D eigenvalue weighted by Gasteiger charge is 2.10. The number of aliphatic hydroxyl groups excluding tert-OH is 2. The first-order chi connectivity index (χ1) is 8.70. The molecule has 1 unspecified atom stereocenters. The smallest absolute Gasteiger partial charge is 0.225 e. The topological polar surface area (TPSA) is 62.6 Å².